The van der Waals surface area contributed by atoms with Gasteiger partial charge in [0.15, 0.2) is 0 Å². The maximum absolute atomic E-state index is 13.9. The minimum absolute atomic E-state index is 0.144. The molecule has 0 radical (unpaired) electrons. The number of nitrogens with one attached hydrogen (secondary N) is 1. The first-order valence-electron chi connectivity index (χ1n) is 12.3. The van der Waals surface area contributed by atoms with Gasteiger partial charge in [-0.1, -0.05) is 36.1 Å². The molecule has 1 atom stereocenters. The van der Waals surface area contributed by atoms with Gasteiger partial charge in [-0.3, -0.25) is 18.8 Å². The maximum atomic E-state index is 13.9. The van der Waals surface area contributed by atoms with E-state index in [-0.39, 0.29) is 22.6 Å². The highest BCUT2D eigenvalue weighted by Crippen LogP contribution is 2.22. The highest BCUT2D eigenvalue weighted by atomic mass is 16.3. The first-order chi connectivity index (χ1) is 18.9. The van der Waals surface area contributed by atoms with Crippen molar-refractivity contribution < 1.29 is 9.21 Å². The Morgan fingerprint density at radius 3 is 2.67 bits per heavy atom. The lowest BCUT2D eigenvalue weighted by molar-refractivity contribution is 0.0938. The van der Waals surface area contributed by atoms with E-state index in [1.807, 2.05) is 48.5 Å². The molecule has 0 aliphatic carbocycles. The van der Waals surface area contributed by atoms with Crippen molar-refractivity contribution in [3.8, 4) is 17.5 Å². The Bertz CT molecular complexity index is 1980. The predicted molar refractivity (Wildman–Crippen MR) is 145 cm³/mol. The van der Waals surface area contributed by atoms with Gasteiger partial charge in [0.05, 0.1) is 45.8 Å². The fourth-order valence-corrected chi connectivity index (χ4v) is 4.57. The monoisotopic (exact) mass is 517 g/mol. The van der Waals surface area contributed by atoms with Gasteiger partial charge in [-0.05, 0) is 38.1 Å². The van der Waals surface area contributed by atoms with Crippen molar-refractivity contribution in [2.24, 2.45) is 7.05 Å². The zero-order valence-corrected chi connectivity index (χ0v) is 21.4. The van der Waals surface area contributed by atoms with Gasteiger partial charge in [0, 0.05) is 19.4 Å². The van der Waals surface area contributed by atoms with E-state index in [0.29, 0.717) is 39.4 Å². The smallest absolute Gasteiger partial charge is 0.270 e. The van der Waals surface area contributed by atoms with E-state index in [2.05, 4.69) is 32.3 Å². The number of benzene rings is 1. The quantitative estimate of drug-likeness (QED) is 0.358. The third-order valence-corrected chi connectivity index (χ3v) is 6.37. The van der Waals surface area contributed by atoms with Crippen LogP contribution in [0, 0.1) is 18.8 Å². The number of carbonyl (C=O) groups excluding carboxylic acids is 1. The largest absolute Gasteiger partial charge is 0.445 e. The van der Waals surface area contributed by atoms with Crippen molar-refractivity contribution in [2.45, 2.75) is 19.9 Å². The van der Waals surface area contributed by atoms with Crippen molar-refractivity contribution in [2.75, 3.05) is 0 Å². The molecule has 1 N–H and O–H groups in total. The van der Waals surface area contributed by atoms with Gasteiger partial charge in [0.1, 0.15) is 17.5 Å². The van der Waals surface area contributed by atoms with Gasteiger partial charge < -0.3 is 9.73 Å². The second-order valence-corrected chi connectivity index (χ2v) is 9.11. The summed E-state index contributed by atoms with van der Waals surface area (Å²) in [5.74, 6) is 6.02. The van der Waals surface area contributed by atoms with Crippen LogP contribution >= 0.6 is 0 Å². The van der Waals surface area contributed by atoms with Crippen LogP contribution < -0.4 is 10.9 Å². The summed E-state index contributed by atoms with van der Waals surface area (Å²) in [6, 6.07) is 14.0. The molecule has 1 aromatic carbocycles. The summed E-state index contributed by atoms with van der Waals surface area (Å²) in [6.45, 7) is 3.56. The second kappa shape index (κ2) is 9.46. The minimum atomic E-state index is -0.650. The van der Waals surface area contributed by atoms with Crippen molar-refractivity contribution in [1.29, 1.82) is 0 Å². The van der Waals surface area contributed by atoms with Gasteiger partial charge in [-0.25, -0.2) is 4.52 Å². The van der Waals surface area contributed by atoms with E-state index >= 15 is 0 Å². The molecule has 1 amide bonds. The van der Waals surface area contributed by atoms with Crippen LogP contribution in [0.2, 0.25) is 0 Å². The van der Waals surface area contributed by atoms with Gasteiger partial charge in [0.25, 0.3) is 11.5 Å². The Kier molecular flexibility index (Phi) is 5.81. The zero-order chi connectivity index (χ0) is 27.1. The molecule has 10 nitrogen and oxygen atoms in total. The average molecular weight is 518 g/mol. The van der Waals surface area contributed by atoms with Crippen LogP contribution in [0.4, 0.5) is 0 Å². The fraction of sp³-hybridized carbons (Fsp3) is 0.138. The Balaban J connectivity index is 1.45. The molecule has 0 aliphatic heterocycles. The van der Waals surface area contributed by atoms with Crippen molar-refractivity contribution in [3.63, 3.8) is 0 Å². The summed E-state index contributed by atoms with van der Waals surface area (Å²) in [5.41, 5.74) is 3.27. The standard InChI is InChI=1S/C29H23N7O3/c1-18-24(23-11-7-8-14-35(23)33-18)27(37)31-19(2)26-32-28-25(29(38)36(26)22-9-5-4-6-10-22)21(17-39-28)13-12-20-15-30-34(3)16-20/h4-11,14-17,19H,1-3H3,(H,31,37)/t19-/m0/s1. The molecule has 192 valence electrons. The predicted octanol–water partition coefficient (Wildman–Crippen LogP) is 3.56. The summed E-state index contributed by atoms with van der Waals surface area (Å²) < 4.78 is 10.5. The number of nitrogens with zero attached hydrogens (tertiary/aromatic N) is 6. The number of carbonyl (C=O) groups is 1. The highest BCUT2D eigenvalue weighted by Gasteiger charge is 2.25. The Morgan fingerprint density at radius 1 is 1.10 bits per heavy atom. The van der Waals surface area contributed by atoms with Crippen LogP contribution in [-0.4, -0.2) is 34.9 Å². The van der Waals surface area contributed by atoms with Gasteiger partial charge in [-0.2, -0.15) is 15.2 Å². The fourth-order valence-electron chi connectivity index (χ4n) is 4.57. The van der Waals surface area contributed by atoms with Crippen molar-refractivity contribution >= 4 is 22.5 Å². The molecule has 6 rings (SSSR count). The number of para-hydroxylation sites is 1. The number of rotatable bonds is 4. The van der Waals surface area contributed by atoms with Gasteiger partial charge >= 0.3 is 0 Å². The van der Waals surface area contributed by atoms with Crippen LogP contribution in [0.15, 0.2) is 82.6 Å². The first kappa shape index (κ1) is 23.9. The topological polar surface area (TPSA) is 112 Å². The van der Waals surface area contributed by atoms with Crippen LogP contribution in [0.25, 0.3) is 22.3 Å². The van der Waals surface area contributed by atoms with E-state index < -0.39 is 6.04 Å². The number of pyridine rings is 1. The zero-order valence-electron chi connectivity index (χ0n) is 21.4. The second-order valence-electron chi connectivity index (χ2n) is 9.11. The van der Waals surface area contributed by atoms with Crippen molar-refractivity contribution in [1.82, 2.24) is 34.3 Å². The Hall–Kier alpha value is -5.43. The Morgan fingerprint density at radius 2 is 1.90 bits per heavy atom. The number of furan rings is 1. The van der Waals surface area contributed by atoms with E-state index in [1.54, 1.807) is 48.7 Å². The third kappa shape index (κ3) is 4.26. The lowest BCUT2D eigenvalue weighted by Crippen LogP contribution is -2.33. The van der Waals surface area contributed by atoms with Crippen LogP contribution in [0.5, 0.6) is 0 Å². The number of fused-ring (bicyclic) bond motifs is 2. The van der Waals surface area contributed by atoms with Crippen LogP contribution in [-0.2, 0) is 7.05 Å². The first-order valence-corrected chi connectivity index (χ1v) is 12.3. The molecular formula is C29H23N7O3. The minimum Gasteiger partial charge on any atom is -0.445 e. The lowest BCUT2D eigenvalue weighted by atomic mass is 10.1. The number of aryl methyl sites for hydroxylation is 2. The third-order valence-electron chi connectivity index (χ3n) is 6.37. The van der Waals surface area contributed by atoms with E-state index in [4.69, 9.17) is 4.42 Å². The summed E-state index contributed by atoms with van der Waals surface area (Å²) in [4.78, 5) is 32.1. The lowest BCUT2D eigenvalue weighted by Gasteiger charge is -2.18. The number of amides is 1. The summed E-state index contributed by atoms with van der Waals surface area (Å²) in [5, 5.41) is 11.8. The molecule has 5 aromatic heterocycles. The normalized spacial score (nSPS) is 11.9. The molecule has 0 saturated carbocycles. The van der Waals surface area contributed by atoms with Crippen LogP contribution in [0.1, 0.15) is 46.0 Å². The van der Waals surface area contributed by atoms with E-state index in [9.17, 15) is 9.59 Å². The molecule has 0 aliphatic rings. The molecule has 0 bridgehead atoms. The summed E-state index contributed by atoms with van der Waals surface area (Å²) in [7, 11) is 1.80. The molecule has 0 saturated heterocycles. The molecule has 0 unspecified atom stereocenters. The molecule has 0 spiro atoms. The number of hydrogen-bond acceptors (Lipinski definition) is 6. The average Bonchev–Trinajstić information content (AvgIpc) is 3.63. The molecular weight excluding hydrogens is 494 g/mol. The molecule has 5 heterocycles. The molecule has 0 fully saturated rings. The van der Waals surface area contributed by atoms with Crippen molar-refractivity contribution in [3.05, 3.63) is 112 Å². The SMILES string of the molecule is Cc1nn2ccccc2c1C(=O)N[C@@H](C)c1nc2occ(C#Cc3cnn(C)c3)c2c(=O)n1-c1ccccc1. The maximum Gasteiger partial charge on any atom is 0.270 e. The summed E-state index contributed by atoms with van der Waals surface area (Å²) >= 11 is 0. The number of aromatic nitrogens is 6. The summed E-state index contributed by atoms with van der Waals surface area (Å²) in [6.07, 6.45) is 6.64. The van der Waals surface area contributed by atoms with E-state index in [0.717, 1.165) is 0 Å². The number of hydrogen-bond donors (Lipinski definition) is 1. The van der Waals surface area contributed by atoms with Gasteiger partial charge in [0.2, 0.25) is 5.71 Å². The molecule has 6 aromatic rings. The molecule has 39 heavy (non-hydrogen) atoms. The molecule has 10 heteroatoms. The highest BCUT2D eigenvalue weighted by molar-refractivity contribution is 6.02. The van der Waals surface area contributed by atoms with Crippen LogP contribution in [0.3, 0.4) is 0 Å². The van der Waals surface area contributed by atoms with Gasteiger partial charge in [-0.15, -0.1) is 0 Å². The van der Waals surface area contributed by atoms with E-state index in [1.165, 1.54) is 10.8 Å². The Labute approximate surface area is 222 Å².